The van der Waals surface area contributed by atoms with E-state index < -0.39 is 23.1 Å². The molecule has 2 N–H and O–H groups in total. The van der Waals surface area contributed by atoms with Gasteiger partial charge in [-0.2, -0.15) is 0 Å². The van der Waals surface area contributed by atoms with E-state index in [-0.39, 0.29) is 33.8 Å². The Kier molecular flexibility index (Phi) is 6.87. The van der Waals surface area contributed by atoms with Gasteiger partial charge in [0.2, 0.25) is 23.1 Å². The third-order valence-electron chi connectivity index (χ3n) is 6.49. The molecular weight excluding hydrogens is 432 g/mol. The number of hydrogen-bond acceptors (Lipinski definition) is 6. The first-order valence-electron chi connectivity index (χ1n) is 11.6. The molecule has 6 heteroatoms. The van der Waals surface area contributed by atoms with Crippen molar-refractivity contribution < 1.29 is 29.4 Å². The fourth-order valence-electron chi connectivity index (χ4n) is 4.61. The van der Waals surface area contributed by atoms with Crippen molar-refractivity contribution in [2.45, 2.75) is 51.4 Å². The molecule has 0 fully saturated rings. The van der Waals surface area contributed by atoms with Crippen LogP contribution in [0.25, 0.3) is 11.5 Å². The quantitative estimate of drug-likeness (QED) is 0.375. The molecule has 0 saturated carbocycles. The van der Waals surface area contributed by atoms with Gasteiger partial charge < -0.3 is 10.2 Å². The topological polar surface area (TPSA) is 109 Å². The lowest BCUT2D eigenvalue weighted by Crippen LogP contribution is -2.24. The number of allylic oxidation sites excluding steroid dienone is 2. The Bertz CT molecular complexity index is 1150. The summed E-state index contributed by atoms with van der Waals surface area (Å²) in [7, 11) is 0. The van der Waals surface area contributed by atoms with Crippen LogP contribution < -0.4 is 0 Å². The standard InChI is InChI=1S/C28H26O6/c29-23-17-11-7-9-13-19(17)25(31)27(33)21(23)15-5-3-1-2-4-6-16-22-24(30)18-12-8-10-14-20(18)26(32)28(22)34/h7-14,29-30H,1-6,15-16H2. The van der Waals surface area contributed by atoms with Crippen LogP contribution in [0, 0.1) is 0 Å². The Morgan fingerprint density at radius 2 is 0.765 bits per heavy atom. The van der Waals surface area contributed by atoms with Gasteiger partial charge in [0, 0.05) is 33.4 Å². The van der Waals surface area contributed by atoms with Gasteiger partial charge in [0.15, 0.2) is 0 Å². The number of benzene rings is 2. The molecule has 0 saturated heterocycles. The fourth-order valence-corrected chi connectivity index (χ4v) is 4.61. The Labute approximate surface area is 197 Å². The molecule has 0 amide bonds. The molecule has 174 valence electrons. The Hall–Kier alpha value is -3.80. The SMILES string of the molecule is O=C1C(=O)c2ccccc2C(O)=C1CCCCCCCCC1=C(O)c2ccccc2C(=O)C1=O. The molecular formula is C28H26O6. The van der Waals surface area contributed by atoms with E-state index >= 15 is 0 Å². The van der Waals surface area contributed by atoms with Crippen LogP contribution in [0.2, 0.25) is 0 Å². The molecule has 0 atom stereocenters. The molecule has 34 heavy (non-hydrogen) atoms. The van der Waals surface area contributed by atoms with Gasteiger partial charge in [0.05, 0.1) is 0 Å². The summed E-state index contributed by atoms with van der Waals surface area (Å²) in [6.07, 6.45) is 5.51. The lowest BCUT2D eigenvalue weighted by atomic mass is 9.86. The summed E-state index contributed by atoms with van der Waals surface area (Å²) < 4.78 is 0. The van der Waals surface area contributed by atoms with E-state index in [1.165, 1.54) is 0 Å². The Morgan fingerprint density at radius 1 is 0.441 bits per heavy atom. The van der Waals surface area contributed by atoms with E-state index in [2.05, 4.69) is 0 Å². The first-order chi connectivity index (χ1) is 16.4. The molecule has 0 spiro atoms. The van der Waals surface area contributed by atoms with Crippen molar-refractivity contribution in [3.05, 3.63) is 81.9 Å². The van der Waals surface area contributed by atoms with E-state index in [0.29, 0.717) is 36.8 Å². The lowest BCUT2D eigenvalue weighted by molar-refractivity contribution is -0.112. The number of rotatable bonds is 9. The highest BCUT2D eigenvalue weighted by atomic mass is 16.3. The molecule has 4 rings (SSSR count). The molecule has 0 unspecified atom stereocenters. The summed E-state index contributed by atoms with van der Waals surface area (Å²) in [6.45, 7) is 0. The van der Waals surface area contributed by atoms with E-state index in [1.807, 2.05) is 0 Å². The van der Waals surface area contributed by atoms with Crippen LogP contribution in [0.1, 0.15) is 83.2 Å². The van der Waals surface area contributed by atoms with Crippen LogP contribution >= 0.6 is 0 Å². The maximum absolute atomic E-state index is 12.4. The molecule has 0 aliphatic heterocycles. The summed E-state index contributed by atoms with van der Waals surface area (Å²) in [5, 5.41) is 20.9. The summed E-state index contributed by atoms with van der Waals surface area (Å²) in [4.78, 5) is 49.3. The van der Waals surface area contributed by atoms with Crippen molar-refractivity contribution in [3.63, 3.8) is 0 Å². The number of aliphatic hydroxyl groups excluding tert-OH is 2. The minimum absolute atomic E-state index is 0.0958. The molecule has 2 aliphatic rings. The third-order valence-corrected chi connectivity index (χ3v) is 6.49. The van der Waals surface area contributed by atoms with Gasteiger partial charge in [-0.05, 0) is 25.7 Å². The number of Topliss-reactive ketones (excluding diaryl/α,β-unsaturated/α-hetero) is 4. The fraction of sp³-hybridized carbons (Fsp3) is 0.286. The second-order valence-corrected chi connectivity index (χ2v) is 8.68. The van der Waals surface area contributed by atoms with Gasteiger partial charge in [-0.25, -0.2) is 0 Å². The van der Waals surface area contributed by atoms with E-state index in [1.54, 1.807) is 48.5 Å². The normalized spacial score (nSPS) is 15.6. The summed E-state index contributed by atoms with van der Waals surface area (Å²) >= 11 is 0. The number of carbonyl (C=O) groups excluding carboxylic acids is 4. The monoisotopic (exact) mass is 458 g/mol. The van der Waals surface area contributed by atoms with Crippen molar-refractivity contribution in [3.8, 4) is 0 Å². The zero-order valence-corrected chi connectivity index (χ0v) is 18.8. The second kappa shape index (κ2) is 10.00. The molecule has 0 aromatic heterocycles. The van der Waals surface area contributed by atoms with E-state index in [9.17, 15) is 29.4 Å². The van der Waals surface area contributed by atoms with Crippen molar-refractivity contribution >= 4 is 34.7 Å². The summed E-state index contributed by atoms with van der Waals surface area (Å²) in [5.74, 6) is -2.59. The molecule has 0 bridgehead atoms. The molecule has 6 nitrogen and oxygen atoms in total. The number of unbranched alkanes of at least 4 members (excludes halogenated alkanes) is 5. The number of carbonyl (C=O) groups is 4. The smallest absolute Gasteiger partial charge is 0.234 e. The first-order valence-corrected chi connectivity index (χ1v) is 11.6. The highest BCUT2D eigenvalue weighted by molar-refractivity contribution is 6.52. The average Bonchev–Trinajstić information content (AvgIpc) is 2.86. The molecule has 0 radical (unpaired) electrons. The Balaban J connectivity index is 1.23. The molecule has 2 aromatic rings. The maximum atomic E-state index is 12.4. The van der Waals surface area contributed by atoms with E-state index in [4.69, 9.17) is 0 Å². The zero-order chi connectivity index (χ0) is 24.2. The number of fused-ring (bicyclic) bond motifs is 2. The zero-order valence-electron chi connectivity index (χ0n) is 18.8. The predicted octanol–water partition coefficient (Wildman–Crippen LogP) is 5.58. The van der Waals surface area contributed by atoms with Crippen LogP contribution in [0.5, 0.6) is 0 Å². The minimum Gasteiger partial charge on any atom is -0.507 e. The van der Waals surface area contributed by atoms with Crippen LogP contribution in [0.15, 0.2) is 59.7 Å². The highest BCUT2D eigenvalue weighted by Gasteiger charge is 2.33. The van der Waals surface area contributed by atoms with Crippen LogP contribution in [-0.4, -0.2) is 33.3 Å². The highest BCUT2D eigenvalue weighted by Crippen LogP contribution is 2.32. The van der Waals surface area contributed by atoms with Gasteiger partial charge >= 0.3 is 0 Å². The second-order valence-electron chi connectivity index (χ2n) is 8.68. The Morgan fingerprint density at radius 3 is 1.15 bits per heavy atom. The minimum atomic E-state index is -0.627. The van der Waals surface area contributed by atoms with Crippen molar-refractivity contribution in [2.75, 3.05) is 0 Å². The van der Waals surface area contributed by atoms with Crippen LogP contribution in [-0.2, 0) is 9.59 Å². The van der Waals surface area contributed by atoms with Crippen molar-refractivity contribution in [1.82, 2.24) is 0 Å². The third kappa shape index (κ3) is 4.36. The maximum Gasteiger partial charge on any atom is 0.234 e. The van der Waals surface area contributed by atoms with Gasteiger partial charge in [0.1, 0.15) is 11.5 Å². The van der Waals surface area contributed by atoms with Gasteiger partial charge in [0.25, 0.3) is 0 Å². The largest absolute Gasteiger partial charge is 0.507 e. The van der Waals surface area contributed by atoms with Crippen molar-refractivity contribution in [1.29, 1.82) is 0 Å². The molecule has 2 aromatic carbocycles. The first kappa shape index (κ1) is 23.4. The number of ketones is 4. The number of hydrogen-bond donors (Lipinski definition) is 2. The lowest BCUT2D eigenvalue weighted by Gasteiger charge is -2.18. The number of aliphatic hydroxyl groups is 2. The van der Waals surface area contributed by atoms with E-state index in [0.717, 1.165) is 25.7 Å². The van der Waals surface area contributed by atoms with Crippen LogP contribution in [0.4, 0.5) is 0 Å². The van der Waals surface area contributed by atoms with Gasteiger partial charge in [-0.3, -0.25) is 19.2 Å². The van der Waals surface area contributed by atoms with Crippen LogP contribution in [0.3, 0.4) is 0 Å². The molecule has 2 aliphatic carbocycles. The predicted molar refractivity (Wildman–Crippen MR) is 128 cm³/mol. The average molecular weight is 459 g/mol. The summed E-state index contributed by atoms with van der Waals surface area (Å²) in [6, 6.07) is 13.2. The summed E-state index contributed by atoms with van der Waals surface area (Å²) in [5.41, 5.74) is 1.70. The molecule has 0 heterocycles. The van der Waals surface area contributed by atoms with Gasteiger partial charge in [-0.15, -0.1) is 0 Å². The van der Waals surface area contributed by atoms with Crippen molar-refractivity contribution in [2.24, 2.45) is 0 Å². The van der Waals surface area contributed by atoms with Gasteiger partial charge in [-0.1, -0.05) is 74.2 Å².